The second-order valence-electron chi connectivity index (χ2n) is 2.93. The van der Waals surface area contributed by atoms with E-state index in [0.29, 0.717) is 6.33 Å². The summed E-state index contributed by atoms with van der Waals surface area (Å²) < 4.78 is 76.4. The largest absolute Gasteiger partial charge is 0.453 e. The van der Waals surface area contributed by atoms with E-state index in [2.05, 4.69) is 9.72 Å². The number of halogens is 7. The van der Waals surface area contributed by atoms with Gasteiger partial charge in [-0.05, 0) is 0 Å². The lowest BCUT2D eigenvalue weighted by Crippen LogP contribution is -2.46. The minimum Gasteiger partial charge on any atom is -0.453 e. The van der Waals surface area contributed by atoms with E-state index in [0.717, 1.165) is 0 Å². The SMILES string of the molecule is O=c1[nH]cnc(OC(C(F)(F)F)C(F)(F)F)c1Cl. The Balaban J connectivity index is 3.13. The molecule has 0 amide bonds. The molecule has 1 aromatic heterocycles. The molecule has 4 nitrogen and oxygen atoms in total. The highest BCUT2D eigenvalue weighted by Gasteiger charge is 2.59. The van der Waals surface area contributed by atoms with Crippen LogP contribution in [-0.2, 0) is 0 Å². The standard InChI is InChI=1S/C7H3ClF6N2O2/c8-2-3(17)15-1-16-4(2)18-5(6(9,10)11)7(12,13)14/h1,5H,(H,15,16,17). The molecule has 0 aliphatic rings. The van der Waals surface area contributed by atoms with Crippen LogP contribution in [0, 0.1) is 0 Å². The van der Waals surface area contributed by atoms with Gasteiger partial charge in [-0.2, -0.15) is 26.3 Å². The van der Waals surface area contributed by atoms with E-state index in [1.807, 2.05) is 4.98 Å². The Morgan fingerprint density at radius 2 is 1.72 bits per heavy atom. The molecule has 0 aromatic carbocycles. The number of ether oxygens (including phenoxy) is 1. The molecule has 11 heteroatoms. The van der Waals surface area contributed by atoms with Gasteiger partial charge in [0.1, 0.15) is 0 Å². The fraction of sp³-hybridized carbons (Fsp3) is 0.429. The number of hydrogen-bond acceptors (Lipinski definition) is 3. The summed E-state index contributed by atoms with van der Waals surface area (Å²) >= 11 is 5.17. The number of aromatic nitrogens is 2. The van der Waals surface area contributed by atoms with Gasteiger partial charge in [-0.3, -0.25) is 4.79 Å². The predicted octanol–water partition coefficient (Wildman–Crippen LogP) is 2.30. The number of H-pyrrole nitrogens is 1. The zero-order valence-electron chi connectivity index (χ0n) is 8.06. The van der Waals surface area contributed by atoms with E-state index in [-0.39, 0.29) is 0 Å². The molecule has 0 saturated carbocycles. The van der Waals surface area contributed by atoms with Crippen molar-refractivity contribution in [1.82, 2.24) is 9.97 Å². The summed E-state index contributed by atoms with van der Waals surface area (Å²) in [6.07, 6.45) is -15.0. The van der Waals surface area contributed by atoms with Crippen molar-refractivity contribution in [2.24, 2.45) is 0 Å². The molecule has 0 unspecified atom stereocenters. The maximum absolute atomic E-state index is 12.1. The molecule has 0 aliphatic heterocycles. The number of nitrogens with one attached hydrogen (secondary N) is 1. The van der Waals surface area contributed by atoms with Gasteiger partial charge in [0.25, 0.3) is 11.7 Å². The molecule has 0 bridgehead atoms. The fourth-order valence-corrected chi connectivity index (χ4v) is 1.03. The van der Waals surface area contributed by atoms with Gasteiger partial charge >= 0.3 is 12.4 Å². The maximum atomic E-state index is 12.1. The van der Waals surface area contributed by atoms with Crippen molar-refractivity contribution in [2.45, 2.75) is 18.5 Å². The Labute approximate surface area is 99.5 Å². The topological polar surface area (TPSA) is 55.0 Å². The van der Waals surface area contributed by atoms with E-state index in [1.165, 1.54) is 0 Å². The van der Waals surface area contributed by atoms with Gasteiger partial charge in [0.15, 0.2) is 5.02 Å². The molecule has 1 N–H and O–H groups in total. The van der Waals surface area contributed by atoms with Crippen molar-refractivity contribution < 1.29 is 31.1 Å². The molecule has 0 aliphatic carbocycles. The average molecular weight is 297 g/mol. The third-order valence-electron chi connectivity index (χ3n) is 1.59. The van der Waals surface area contributed by atoms with Gasteiger partial charge in [0.2, 0.25) is 5.88 Å². The maximum Gasteiger partial charge on any atom is 0.434 e. The third kappa shape index (κ3) is 3.28. The van der Waals surface area contributed by atoms with Crippen LogP contribution >= 0.6 is 11.6 Å². The first-order valence-corrected chi connectivity index (χ1v) is 4.44. The highest BCUT2D eigenvalue weighted by atomic mass is 35.5. The van der Waals surface area contributed by atoms with Crippen LogP contribution in [0.25, 0.3) is 0 Å². The summed E-state index contributed by atoms with van der Waals surface area (Å²) in [5.41, 5.74) is -1.12. The lowest BCUT2D eigenvalue weighted by Gasteiger charge is -2.23. The smallest absolute Gasteiger partial charge is 0.434 e. The van der Waals surface area contributed by atoms with Crippen molar-refractivity contribution in [2.75, 3.05) is 0 Å². The number of alkyl halides is 6. The van der Waals surface area contributed by atoms with E-state index < -0.39 is 34.9 Å². The van der Waals surface area contributed by atoms with Crippen LogP contribution in [0.15, 0.2) is 11.1 Å². The first kappa shape index (κ1) is 14.6. The number of aromatic amines is 1. The number of hydrogen-bond donors (Lipinski definition) is 1. The number of nitrogens with zero attached hydrogens (tertiary/aromatic N) is 1. The fourth-order valence-electron chi connectivity index (χ4n) is 0.880. The van der Waals surface area contributed by atoms with Crippen molar-refractivity contribution in [3.8, 4) is 5.88 Å². The summed E-state index contributed by atoms with van der Waals surface area (Å²) in [6, 6.07) is 0. The van der Waals surface area contributed by atoms with E-state index in [9.17, 15) is 31.1 Å². The molecular weight excluding hydrogens is 294 g/mol. The molecule has 0 atom stereocenters. The molecule has 102 valence electrons. The second-order valence-corrected chi connectivity index (χ2v) is 3.31. The van der Waals surface area contributed by atoms with Gasteiger partial charge in [0.05, 0.1) is 6.33 Å². The molecule has 0 saturated heterocycles. The minimum absolute atomic E-state index is 0.563. The quantitative estimate of drug-likeness (QED) is 0.852. The predicted molar refractivity (Wildman–Crippen MR) is 46.4 cm³/mol. The minimum atomic E-state index is -5.72. The molecule has 1 aromatic rings. The first-order chi connectivity index (χ1) is 8.03. The summed E-state index contributed by atoms with van der Waals surface area (Å²) in [4.78, 5) is 15.7. The summed E-state index contributed by atoms with van der Waals surface area (Å²) in [5, 5.41) is -1.00. The van der Waals surface area contributed by atoms with E-state index >= 15 is 0 Å². The van der Waals surface area contributed by atoms with Gasteiger partial charge in [0, 0.05) is 0 Å². The first-order valence-electron chi connectivity index (χ1n) is 4.06. The lowest BCUT2D eigenvalue weighted by molar-refractivity contribution is -0.300. The Kier molecular flexibility index (Phi) is 3.79. The lowest BCUT2D eigenvalue weighted by atomic mass is 10.3. The molecule has 0 spiro atoms. The summed E-state index contributed by atoms with van der Waals surface area (Å²) in [6.45, 7) is 0. The Hall–Kier alpha value is -1.45. The zero-order valence-corrected chi connectivity index (χ0v) is 8.82. The third-order valence-corrected chi connectivity index (χ3v) is 1.92. The van der Waals surface area contributed by atoms with Gasteiger partial charge < -0.3 is 9.72 Å². The van der Waals surface area contributed by atoms with Crippen LogP contribution < -0.4 is 10.3 Å². The zero-order chi connectivity index (χ0) is 14.1. The second kappa shape index (κ2) is 4.67. The summed E-state index contributed by atoms with van der Waals surface area (Å²) in [5.74, 6) is -1.25. The van der Waals surface area contributed by atoms with Crippen LogP contribution in [0.3, 0.4) is 0 Å². The normalized spacial score (nSPS) is 12.9. The van der Waals surface area contributed by atoms with E-state index in [4.69, 9.17) is 11.6 Å². The number of rotatable bonds is 2. The van der Waals surface area contributed by atoms with Crippen LogP contribution in [0.4, 0.5) is 26.3 Å². The molecule has 1 heterocycles. The van der Waals surface area contributed by atoms with Crippen molar-refractivity contribution in [1.29, 1.82) is 0 Å². The van der Waals surface area contributed by atoms with Crippen molar-refractivity contribution in [3.63, 3.8) is 0 Å². The Morgan fingerprint density at radius 3 is 2.17 bits per heavy atom. The highest BCUT2D eigenvalue weighted by Crippen LogP contribution is 2.36. The van der Waals surface area contributed by atoms with Crippen LogP contribution in [-0.4, -0.2) is 28.4 Å². The van der Waals surface area contributed by atoms with Crippen LogP contribution in [0.2, 0.25) is 5.02 Å². The molecule has 1 rings (SSSR count). The van der Waals surface area contributed by atoms with Crippen molar-refractivity contribution in [3.05, 3.63) is 21.7 Å². The van der Waals surface area contributed by atoms with Crippen LogP contribution in [0.1, 0.15) is 0 Å². The average Bonchev–Trinajstić information content (AvgIpc) is 2.16. The Morgan fingerprint density at radius 1 is 1.22 bits per heavy atom. The van der Waals surface area contributed by atoms with Gasteiger partial charge in [-0.25, -0.2) is 4.98 Å². The van der Waals surface area contributed by atoms with Crippen molar-refractivity contribution >= 4 is 11.6 Å². The van der Waals surface area contributed by atoms with E-state index in [1.54, 1.807) is 0 Å². The highest BCUT2D eigenvalue weighted by molar-refractivity contribution is 6.31. The summed E-state index contributed by atoms with van der Waals surface area (Å²) in [7, 11) is 0. The molecule has 0 radical (unpaired) electrons. The molecule has 18 heavy (non-hydrogen) atoms. The van der Waals surface area contributed by atoms with Crippen LogP contribution in [0.5, 0.6) is 5.88 Å². The molecular formula is C7H3ClF6N2O2. The monoisotopic (exact) mass is 296 g/mol. The Bertz CT molecular complexity index is 468. The van der Waals surface area contributed by atoms with Gasteiger partial charge in [-0.1, -0.05) is 11.6 Å². The molecule has 0 fully saturated rings. The van der Waals surface area contributed by atoms with Gasteiger partial charge in [-0.15, -0.1) is 0 Å².